The maximum Gasteiger partial charge on any atom is 0.341 e. The van der Waals surface area contributed by atoms with Crippen LogP contribution in [0.1, 0.15) is 19.4 Å². The van der Waals surface area contributed by atoms with Crippen LogP contribution >= 0.6 is 11.8 Å². The fourth-order valence-corrected chi connectivity index (χ4v) is 3.77. The molecule has 2 atom stereocenters. The minimum absolute atomic E-state index is 0.0136. The number of aliphatic carboxylic acids is 1. The average molecular weight is 334 g/mol. The standard InChI is InChI=1S/C18H22O4S/c1-13(2)23-16-12-15(14-6-4-3-5-7-14)8-9-18(16,17(20)21)22-11-10-19/h3-9,12-13,16,19H,10-11H2,1-2H3,(H,20,21). The minimum atomic E-state index is -1.45. The number of thioether (sulfide) groups is 1. The van der Waals surface area contributed by atoms with Crippen molar-refractivity contribution in [1.82, 2.24) is 0 Å². The third-order valence-corrected chi connectivity index (χ3v) is 4.88. The molecule has 2 unspecified atom stereocenters. The molecule has 1 aliphatic rings. The highest BCUT2D eigenvalue weighted by Gasteiger charge is 2.46. The van der Waals surface area contributed by atoms with E-state index in [2.05, 4.69) is 0 Å². The van der Waals surface area contributed by atoms with Crippen molar-refractivity contribution in [2.24, 2.45) is 0 Å². The Hall–Kier alpha value is -1.56. The van der Waals surface area contributed by atoms with Crippen LogP contribution < -0.4 is 0 Å². The van der Waals surface area contributed by atoms with Gasteiger partial charge in [0.1, 0.15) is 0 Å². The smallest absolute Gasteiger partial charge is 0.341 e. The van der Waals surface area contributed by atoms with Gasteiger partial charge in [0.25, 0.3) is 0 Å². The minimum Gasteiger partial charge on any atom is -0.479 e. The maximum absolute atomic E-state index is 11.9. The molecule has 1 aromatic rings. The van der Waals surface area contributed by atoms with Crippen LogP contribution in [0.25, 0.3) is 5.57 Å². The highest BCUT2D eigenvalue weighted by atomic mass is 32.2. The number of aliphatic hydroxyl groups excluding tert-OH is 1. The van der Waals surface area contributed by atoms with Crippen LogP contribution in [0.3, 0.4) is 0 Å². The van der Waals surface area contributed by atoms with Crippen LogP contribution in [0, 0.1) is 0 Å². The Labute approximate surface area is 140 Å². The topological polar surface area (TPSA) is 66.8 Å². The second-order valence-electron chi connectivity index (χ2n) is 5.60. The summed E-state index contributed by atoms with van der Waals surface area (Å²) in [5.41, 5.74) is 0.572. The van der Waals surface area contributed by atoms with E-state index in [1.54, 1.807) is 23.9 Å². The summed E-state index contributed by atoms with van der Waals surface area (Å²) in [5.74, 6) is -1.04. The molecular formula is C18H22O4S. The SMILES string of the molecule is CC(C)SC1C=C(c2ccccc2)C=CC1(OCCO)C(=O)O. The number of rotatable bonds is 7. The van der Waals surface area contributed by atoms with Gasteiger partial charge in [-0.1, -0.05) is 56.3 Å². The molecule has 0 heterocycles. The summed E-state index contributed by atoms with van der Waals surface area (Å²) in [6.45, 7) is 3.83. The Balaban J connectivity index is 2.40. The fourth-order valence-electron chi connectivity index (χ4n) is 2.51. The molecule has 1 aliphatic carbocycles. The second-order valence-corrected chi connectivity index (χ2v) is 7.32. The maximum atomic E-state index is 11.9. The zero-order valence-electron chi connectivity index (χ0n) is 13.3. The summed E-state index contributed by atoms with van der Waals surface area (Å²) in [4.78, 5) is 11.9. The lowest BCUT2D eigenvalue weighted by molar-refractivity contribution is -0.159. The van der Waals surface area contributed by atoms with Crippen molar-refractivity contribution in [3.05, 3.63) is 54.1 Å². The van der Waals surface area contributed by atoms with E-state index in [0.717, 1.165) is 11.1 Å². The van der Waals surface area contributed by atoms with Crippen molar-refractivity contribution in [3.8, 4) is 0 Å². The number of carboxylic acids is 1. The third-order valence-electron chi connectivity index (χ3n) is 3.56. The van der Waals surface area contributed by atoms with Gasteiger partial charge in [0.2, 0.25) is 0 Å². The van der Waals surface area contributed by atoms with Gasteiger partial charge in [0, 0.05) is 0 Å². The lowest BCUT2D eigenvalue weighted by atomic mass is 9.88. The summed E-state index contributed by atoms with van der Waals surface area (Å²) >= 11 is 1.54. The van der Waals surface area contributed by atoms with Gasteiger partial charge in [-0.05, 0) is 22.5 Å². The van der Waals surface area contributed by atoms with Crippen LogP contribution in [0.4, 0.5) is 0 Å². The second kappa shape index (κ2) is 7.81. The van der Waals surface area contributed by atoms with Crippen LogP contribution in [0.15, 0.2) is 48.6 Å². The molecule has 2 rings (SSSR count). The first-order valence-electron chi connectivity index (χ1n) is 7.59. The van der Waals surface area contributed by atoms with Crippen molar-refractivity contribution >= 4 is 23.3 Å². The molecule has 5 heteroatoms. The lowest BCUT2D eigenvalue weighted by Gasteiger charge is -2.36. The van der Waals surface area contributed by atoms with Gasteiger partial charge < -0.3 is 14.9 Å². The van der Waals surface area contributed by atoms with Crippen LogP contribution in [-0.4, -0.2) is 45.5 Å². The van der Waals surface area contributed by atoms with Gasteiger partial charge in [-0.2, -0.15) is 0 Å². The van der Waals surface area contributed by atoms with Crippen LogP contribution in [-0.2, 0) is 9.53 Å². The molecule has 0 bridgehead atoms. The van der Waals surface area contributed by atoms with E-state index in [0.29, 0.717) is 0 Å². The number of aliphatic hydroxyl groups is 1. The van der Waals surface area contributed by atoms with E-state index >= 15 is 0 Å². The summed E-state index contributed by atoms with van der Waals surface area (Å²) in [5, 5.41) is 18.7. The highest BCUT2D eigenvalue weighted by Crippen LogP contribution is 2.38. The predicted octanol–water partition coefficient (Wildman–Crippen LogP) is 2.98. The van der Waals surface area contributed by atoms with E-state index in [1.165, 1.54) is 0 Å². The first kappa shape index (κ1) is 17.8. The molecule has 2 N–H and O–H groups in total. The molecule has 0 amide bonds. The van der Waals surface area contributed by atoms with Crippen molar-refractivity contribution in [2.75, 3.05) is 13.2 Å². The summed E-state index contributed by atoms with van der Waals surface area (Å²) in [7, 11) is 0. The number of allylic oxidation sites excluding steroid dienone is 2. The Morgan fingerprint density at radius 2 is 2.04 bits per heavy atom. The lowest BCUT2D eigenvalue weighted by Crippen LogP contribution is -2.50. The fraction of sp³-hybridized carbons (Fsp3) is 0.389. The van der Waals surface area contributed by atoms with Crippen molar-refractivity contribution < 1.29 is 19.7 Å². The Morgan fingerprint density at radius 3 is 2.61 bits per heavy atom. The molecule has 124 valence electrons. The van der Waals surface area contributed by atoms with E-state index in [9.17, 15) is 9.90 Å². The largest absolute Gasteiger partial charge is 0.479 e. The van der Waals surface area contributed by atoms with E-state index in [-0.39, 0.29) is 23.7 Å². The molecule has 0 fully saturated rings. The molecule has 23 heavy (non-hydrogen) atoms. The van der Waals surface area contributed by atoms with Crippen LogP contribution in [0.5, 0.6) is 0 Å². The molecule has 0 radical (unpaired) electrons. The first-order valence-corrected chi connectivity index (χ1v) is 8.54. The Kier molecular flexibility index (Phi) is 6.04. The number of carboxylic acid groups (broad SMARTS) is 1. The van der Waals surface area contributed by atoms with E-state index in [1.807, 2.05) is 50.3 Å². The van der Waals surface area contributed by atoms with Gasteiger partial charge in [-0.3, -0.25) is 0 Å². The number of hydrogen-bond donors (Lipinski definition) is 2. The first-order chi connectivity index (χ1) is 11.0. The van der Waals surface area contributed by atoms with Gasteiger partial charge in [-0.15, -0.1) is 11.8 Å². The highest BCUT2D eigenvalue weighted by molar-refractivity contribution is 8.00. The molecule has 0 spiro atoms. The molecule has 4 nitrogen and oxygen atoms in total. The molecule has 0 saturated heterocycles. The summed E-state index contributed by atoms with van der Waals surface area (Å²) in [6, 6.07) is 9.85. The van der Waals surface area contributed by atoms with Crippen LogP contribution in [0.2, 0.25) is 0 Å². The monoisotopic (exact) mass is 334 g/mol. The van der Waals surface area contributed by atoms with Gasteiger partial charge in [0.05, 0.1) is 18.5 Å². The molecule has 0 aromatic heterocycles. The van der Waals surface area contributed by atoms with Crippen molar-refractivity contribution in [3.63, 3.8) is 0 Å². The number of hydrogen-bond acceptors (Lipinski definition) is 4. The molecule has 0 saturated carbocycles. The Bertz CT molecular complexity index is 594. The van der Waals surface area contributed by atoms with Crippen molar-refractivity contribution in [1.29, 1.82) is 0 Å². The number of benzene rings is 1. The predicted molar refractivity (Wildman–Crippen MR) is 93.5 cm³/mol. The quantitative estimate of drug-likeness (QED) is 0.802. The zero-order chi connectivity index (χ0) is 16.9. The van der Waals surface area contributed by atoms with E-state index in [4.69, 9.17) is 9.84 Å². The van der Waals surface area contributed by atoms with Gasteiger partial charge in [0.15, 0.2) is 5.60 Å². The summed E-state index contributed by atoms with van der Waals surface area (Å²) < 4.78 is 5.58. The number of carbonyl (C=O) groups is 1. The number of ether oxygens (including phenoxy) is 1. The normalized spacial score (nSPS) is 23.8. The van der Waals surface area contributed by atoms with Crippen molar-refractivity contribution in [2.45, 2.75) is 29.9 Å². The Morgan fingerprint density at radius 1 is 1.35 bits per heavy atom. The zero-order valence-corrected chi connectivity index (χ0v) is 14.1. The third kappa shape index (κ3) is 4.05. The van der Waals surface area contributed by atoms with Gasteiger partial charge in [-0.25, -0.2) is 4.79 Å². The van der Waals surface area contributed by atoms with E-state index < -0.39 is 11.6 Å². The average Bonchev–Trinajstić information content (AvgIpc) is 2.54. The molecule has 0 aliphatic heterocycles. The van der Waals surface area contributed by atoms with Gasteiger partial charge >= 0.3 is 5.97 Å². The molecule has 1 aromatic carbocycles. The molecular weight excluding hydrogens is 312 g/mol. The summed E-state index contributed by atoms with van der Waals surface area (Å²) in [6.07, 6.45) is 5.34.